The third kappa shape index (κ3) is 4.69. The average molecular weight is 275 g/mol. The second-order valence-corrected chi connectivity index (χ2v) is 4.56. The maximum absolute atomic E-state index is 12.3. The molecule has 4 nitrogen and oxygen atoms in total. The van der Waals surface area contributed by atoms with Crippen molar-refractivity contribution in [3.8, 4) is 11.8 Å². The summed E-state index contributed by atoms with van der Waals surface area (Å²) in [4.78, 5) is 13.9. The van der Waals surface area contributed by atoms with E-state index in [9.17, 15) is 4.79 Å². The molecule has 0 fully saturated rings. The van der Waals surface area contributed by atoms with Crippen molar-refractivity contribution < 1.29 is 14.6 Å². The Bertz CT molecular complexity index is 514. The maximum atomic E-state index is 12.3. The molecule has 0 saturated heterocycles. The number of aliphatic hydroxyl groups excluding tert-OH is 1. The predicted molar refractivity (Wildman–Crippen MR) is 78.6 cm³/mol. The highest BCUT2D eigenvalue weighted by molar-refractivity contribution is 5.94. The van der Waals surface area contributed by atoms with Crippen molar-refractivity contribution in [2.75, 3.05) is 33.9 Å². The molecule has 0 bridgehead atoms. The van der Waals surface area contributed by atoms with E-state index in [1.54, 1.807) is 31.2 Å². The molecule has 0 radical (unpaired) electrons. The monoisotopic (exact) mass is 275 g/mol. The third-order valence-electron chi connectivity index (χ3n) is 2.98. The highest BCUT2D eigenvalue weighted by Gasteiger charge is 2.12. The molecule has 0 aliphatic carbocycles. The minimum absolute atomic E-state index is 0.0341. The first-order valence-corrected chi connectivity index (χ1v) is 6.55. The van der Waals surface area contributed by atoms with E-state index in [4.69, 9.17) is 9.84 Å². The molecule has 0 unspecified atom stereocenters. The molecule has 1 aromatic rings. The zero-order valence-electron chi connectivity index (χ0n) is 12.3. The lowest BCUT2D eigenvalue weighted by atomic mass is 10.0. The van der Waals surface area contributed by atoms with Gasteiger partial charge in [0.15, 0.2) is 0 Å². The van der Waals surface area contributed by atoms with Gasteiger partial charge in [-0.05, 0) is 31.0 Å². The van der Waals surface area contributed by atoms with Crippen LogP contribution in [0.5, 0.6) is 0 Å². The second kappa shape index (κ2) is 8.36. The molecular weight excluding hydrogens is 254 g/mol. The molecule has 0 heterocycles. The average Bonchev–Trinajstić information content (AvgIpc) is 2.45. The van der Waals surface area contributed by atoms with Crippen molar-refractivity contribution in [1.29, 1.82) is 0 Å². The summed E-state index contributed by atoms with van der Waals surface area (Å²) in [5, 5.41) is 8.75. The number of amides is 1. The number of aliphatic hydroxyl groups is 1. The Morgan fingerprint density at radius 3 is 2.85 bits per heavy atom. The van der Waals surface area contributed by atoms with Crippen molar-refractivity contribution in [2.45, 2.75) is 13.3 Å². The Labute approximate surface area is 120 Å². The normalized spacial score (nSPS) is 9.80. The number of rotatable bonds is 5. The Balaban J connectivity index is 2.82. The highest BCUT2D eigenvalue weighted by Crippen LogP contribution is 2.12. The molecule has 0 spiro atoms. The first-order chi connectivity index (χ1) is 9.60. The summed E-state index contributed by atoms with van der Waals surface area (Å²) in [6, 6.07) is 5.44. The summed E-state index contributed by atoms with van der Waals surface area (Å²) in [6.45, 7) is 3.03. The van der Waals surface area contributed by atoms with Crippen LogP contribution >= 0.6 is 0 Å². The number of methoxy groups -OCH3 is 1. The molecule has 0 atom stereocenters. The maximum Gasteiger partial charge on any atom is 0.253 e. The smallest absolute Gasteiger partial charge is 0.253 e. The summed E-state index contributed by atoms with van der Waals surface area (Å²) in [5.41, 5.74) is 2.37. The number of carbonyl (C=O) groups is 1. The van der Waals surface area contributed by atoms with Crippen LogP contribution in [-0.4, -0.2) is 49.8 Å². The van der Waals surface area contributed by atoms with Gasteiger partial charge in [-0.3, -0.25) is 4.79 Å². The molecule has 1 amide bonds. The van der Waals surface area contributed by atoms with E-state index < -0.39 is 0 Å². The quantitative estimate of drug-likeness (QED) is 0.653. The van der Waals surface area contributed by atoms with E-state index in [1.165, 1.54) is 0 Å². The highest BCUT2D eigenvalue weighted by atomic mass is 16.5. The Morgan fingerprint density at radius 2 is 2.20 bits per heavy atom. The zero-order valence-corrected chi connectivity index (χ0v) is 12.3. The van der Waals surface area contributed by atoms with Gasteiger partial charge in [0.05, 0.1) is 0 Å². The van der Waals surface area contributed by atoms with Crippen molar-refractivity contribution in [1.82, 2.24) is 4.90 Å². The van der Waals surface area contributed by atoms with E-state index in [0.29, 0.717) is 18.7 Å². The van der Waals surface area contributed by atoms with E-state index >= 15 is 0 Å². The van der Waals surface area contributed by atoms with Gasteiger partial charge in [0, 0.05) is 38.4 Å². The van der Waals surface area contributed by atoms with Gasteiger partial charge in [-0.1, -0.05) is 17.9 Å². The van der Waals surface area contributed by atoms with Gasteiger partial charge in [0.2, 0.25) is 0 Å². The Hall–Kier alpha value is -1.83. The number of benzene rings is 1. The van der Waals surface area contributed by atoms with Crippen LogP contribution in [0.3, 0.4) is 0 Å². The van der Waals surface area contributed by atoms with Gasteiger partial charge in [0.25, 0.3) is 5.91 Å². The SMILES string of the molecule is COCCCN(C)C(=O)c1ccc(C)c(C#CCO)c1. The first-order valence-electron chi connectivity index (χ1n) is 6.55. The van der Waals surface area contributed by atoms with Gasteiger partial charge in [-0.15, -0.1) is 0 Å². The van der Waals surface area contributed by atoms with Crippen molar-refractivity contribution in [2.24, 2.45) is 0 Å². The molecule has 1 aromatic carbocycles. The minimum atomic E-state index is -0.186. The van der Waals surface area contributed by atoms with Crippen LogP contribution in [0.25, 0.3) is 0 Å². The number of hydrogen-bond acceptors (Lipinski definition) is 3. The second-order valence-electron chi connectivity index (χ2n) is 4.56. The van der Waals surface area contributed by atoms with Crippen molar-refractivity contribution in [3.05, 3.63) is 34.9 Å². The van der Waals surface area contributed by atoms with Gasteiger partial charge < -0.3 is 14.7 Å². The van der Waals surface area contributed by atoms with Crippen LogP contribution in [0.4, 0.5) is 0 Å². The van der Waals surface area contributed by atoms with Crippen molar-refractivity contribution >= 4 is 5.91 Å². The molecule has 4 heteroatoms. The fourth-order valence-corrected chi connectivity index (χ4v) is 1.79. The number of carbonyl (C=O) groups excluding carboxylic acids is 1. The number of aryl methyl sites for hydroxylation is 1. The van der Waals surface area contributed by atoms with Gasteiger partial charge in [-0.25, -0.2) is 0 Å². The number of nitrogens with zero attached hydrogens (tertiary/aromatic N) is 1. The lowest BCUT2D eigenvalue weighted by Crippen LogP contribution is -2.28. The van der Waals surface area contributed by atoms with E-state index in [0.717, 1.165) is 17.5 Å². The first kappa shape index (κ1) is 16.2. The van der Waals surface area contributed by atoms with Crippen LogP contribution in [0.2, 0.25) is 0 Å². The molecule has 1 N–H and O–H groups in total. The Kier molecular flexibility index (Phi) is 6.78. The molecular formula is C16H21NO3. The van der Waals surface area contributed by atoms with Crippen molar-refractivity contribution in [3.63, 3.8) is 0 Å². The topological polar surface area (TPSA) is 49.8 Å². The molecule has 0 aliphatic heterocycles. The molecule has 20 heavy (non-hydrogen) atoms. The molecule has 0 aromatic heterocycles. The lowest BCUT2D eigenvalue weighted by molar-refractivity contribution is 0.0779. The molecule has 0 saturated carbocycles. The molecule has 0 aliphatic rings. The summed E-state index contributed by atoms with van der Waals surface area (Å²) < 4.78 is 4.98. The number of ether oxygens (including phenoxy) is 1. The van der Waals surface area contributed by atoms with Crippen LogP contribution < -0.4 is 0 Å². The molecule has 1 rings (SSSR count). The summed E-state index contributed by atoms with van der Waals surface area (Å²) in [5.74, 6) is 5.43. The Morgan fingerprint density at radius 1 is 1.45 bits per heavy atom. The largest absolute Gasteiger partial charge is 0.385 e. The van der Waals surface area contributed by atoms with Crippen LogP contribution in [0.15, 0.2) is 18.2 Å². The minimum Gasteiger partial charge on any atom is -0.385 e. The van der Waals surface area contributed by atoms with Gasteiger partial charge in [-0.2, -0.15) is 0 Å². The van der Waals surface area contributed by atoms with Crippen LogP contribution in [0, 0.1) is 18.8 Å². The van der Waals surface area contributed by atoms with Crippen LogP contribution in [0.1, 0.15) is 27.9 Å². The van der Waals surface area contributed by atoms with Gasteiger partial charge in [0.1, 0.15) is 6.61 Å². The number of hydrogen-bond donors (Lipinski definition) is 1. The van der Waals surface area contributed by atoms with E-state index in [1.807, 2.05) is 13.0 Å². The van der Waals surface area contributed by atoms with Gasteiger partial charge >= 0.3 is 0 Å². The van der Waals surface area contributed by atoms with Crippen LogP contribution in [-0.2, 0) is 4.74 Å². The summed E-state index contributed by atoms with van der Waals surface area (Å²) in [6.07, 6.45) is 0.807. The molecule has 108 valence electrons. The third-order valence-corrected chi connectivity index (χ3v) is 2.98. The standard InChI is InChI=1S/C16H21NO3/c1-13-7-8-15(12-14(13)6-4-10-18)16(19)17(2)9-5-11-20-3/h7-8,12,18H,5,9-11H2,1-3H3. The summed E-state index contributed by atoms with van der Waals surface area (Å²) >= 11 is 0. The summed E-state index contributed by atoms with van der Waals surface area (Å²) in [7, 11) is 3.42. The van der Waals surface area contributed by atoms with E-state index in [2.05, 4.69) is 11.8 Å². The predicted octanol–water partition coefficient (Wildman–Crippen LogP) is 1.45. The fourth-order valence-electron chi connectivity index (χ4n) is 1.79. The fraction of sp³-hybridized carbons (Fsp3) is 0.438. The lowest BCUT2D eigenvalue weighted by Gasteiger charge is -2.17. The zero-order chi connectivity index (χ0) is 15.0. The van der Waals surface area contributed by atoms with E-state index in [-0.39, 0.29) is 12.5 Å².